The van der Waals surface area contributed by atoms with Crippen molar-refractivity contribution in [1.29, 1.82) is 0 Å². The summed E-state index contributed by atoms with van der Waals surface area (Å²) in [6.45, 7) is 2.64. The van der Waals surface area contributed by atoms with E-state index >= 15 is 0 Å². The van der Waals surface area contributed by atoms with Gasteiger partial charge in [0.2, 0.25) is 0 Å². The summed E-state index contributed by atoms with van der Waals surface area (Å²) in [7, 11) is 3.30. The number of ether oxygens (including phenoxy) is 1. The molecule has 7 nitrogen and oxygen atoms in total. The lowest BCUT2D eigenvalue weighted by atomic mass is 10.1. The molecule has 2 N–H and O–H groups in total. The monoisotopic (exact) mass is 424 g/mol. The van der Waals surface area contributed by atoms with Gasteiger partial charge in [0.15, 0.2) is 0 Å². The number of benzene rings is 2. The van der Waals surface area contributed by atoms with Crippen molar-refractivity contribution in [3.63, 3.8) is 0 Å². The van der Waals surface area contributed by atoms with Crippen molar-refractivity contribution in [1.82, 2.24) is 15.2 Å². The smallest absolute Gasteiger partial charge is 0.321 e. The lowest BCUT2D eigenvalue weighted by Crippen LogP contribution is -2.28. The van der Waals surface area contributed by atoms with E-state index in [0.717, 1.165) is 16.1 Å². The van der Waals surface area contributed by atoms with Gasteiger partial charge in [-0.25, -0.2) is 9.78 Å². The Kier molecular flexibility index (Phi) is 7.03. The number of anilines is 1. The zero-order valence-corrected chi connectivity index (χ0v) is 18.0. The molecule has 1 aromatic heterocycles. The number of thiazole rings is 1. The minimum atomic E-state index is -0.279. The van der Waals surface area contributed by atoms with Crippen LogP contribution in [0.4, 0.5) is 10.5 Å². The molecule has 0 saturated heterocycles. The predicted octanol–water partition coefficient (Wildman–Crippen LogP) is 4.23. The molecular formula is C22H24N4O3S. The van der Waals surface area contributed by atoms with Crippen LogP contribution in [0.3, 0.4) is 0 Å². The van der Waals surface area contributed by atoms with Crippen molar-refractivity contribution in [3.8, 4) is 16.3 Å². The first kappa shape index (κ1) is 21.3. The van der Waals surface area contributed by atoms with Gasteiger partial charge in [0, 0.05) is 43.5 Å². The second kappa shape index (κ2) is 9.89. The molecule has 156 valence electrons. The largest absolute Gasteiger partial charge is 0.493 e. The predicted molar refractivity (Wildman–Crippen MR) is 119 cm³/mol. The zero-order valence-electron chi connectivity index (χ0n) is 17.1. The molecule has 30 heavy (non-hydrogen) atoms. The van der Waals surface area contributed by atoms with Crippen molar-refractivity contribution >= 4 is 29.0 Å². The molecule has 2 aromatic carbocycles. The Morgan fingerprint density at radius 1 is 1.17 bits per heavy atom. The normalized spacial score (nSPS) is 10.4. The van der Waals surface area contributed by atoms with E-state index in [4.69, 9.17) is 4.74 Å². The summed E-state index contributed by atoms with van der Waals surface area (Å²) in [5.41, 5.74) is 2.86. The number of nitrogens with one attached hydrogen (secondary N) is 2. The molecule has 3 rings (SSSR count). The van der Waals surface area contributed by atoms with Gasteiger partial charge >= 0.3 is 6.03 Å². The minimum Gasteiger partial charge on any atom is -0.493 e. The fourth-order valence-corrected chi connectivity index (χ4v) is 3.40. The summed E-state index contributed by atoms with van der Waals surface area (Å²) in [6.07, 6.45) is 1.77. The maximum absolute atomic E-state index is 12.9. The Labute approximate surface area is 179 Å². The minimum absolute atomic E-state index is 0.274. The molecule has 0 unspecified atom stereocenters. The Bertz CT molecular complexity index is 1020. The summed E-state index contributed by atoms with van der Waals surface area (Å²) in [5, 5.41) is 8.55. The number of carbonyl (C=O) groups is 2. The molecule has 3 amide bonds. The first-order chi connectivity index (χ1) is 14.5. The van der Waals surface area contributed by atoms with Crippen LogP contribution in [0.5, 0.6) is 5.75 Å². The van der Waals surface area contributed by atoms with Gasteiger partial charge in [0.05, 0.1) is 12.2 Å². The molecule has 0 atom stereocenters. The Morgan fingerprint density at radius 2 is 2.00 bits per heavy atom. The third kappa shape index (κ3) is 5.36. The average molecular weight is 425 g/mol. The van der Waals surface area contributed by atoms with Crippen molar-refractivity contribution in [2.45, 2.75) is 13.5 Å². The summed E-state index contributed by atoms with van der Waals surface area (Å²) < 4.78 is 5.59. The first-order valence-corrected chi connectivity index (χ1v) is 10.4. The standard InChI is InChI=1S/C22H24N4O3S/c1-4-29-19-9-8-17(25-22(28)26(2)3)13-18(19)20(27)24-14-15-6-5-7-16(12-15)21-23-10-11-30-21/h5-13H,4,14H2,1-3H3,(H,24,27)(H,25,28). The Balaban J connectivity index is 1.75. The van der Waals surface area contributed by atoms with E-state index in [1.54, 1.807) is 49.8 Å². The highest BCUT2D eigenvalue weighted by atomic mass is 32.1. The highest BCUT2D eigenvalue weighted by Gasteiger charge is 2.15. The highest BCUT2D eigenvalue weighted by Crippen LogP contribution is 2.24. The van der Waals surface area contributed by atoms with Crippen LogP contribution >= 0.6 is 11.3 Å². The summed E-state index contributed by atoms with van der Waals surface area (Å²) in [5.74, 6) is 0.188. The van der Waals surface area contributed by atoms with Crippen LogP contribution in [0.1, 0.15) is 22.8 Å². The number of nitrogens with zero attached hydrogens (tertiary/aromatic N) is 2. The summed E-state index contributed by atoms with van der Waals surface area (Å²) in [4.78, 5) is 30.5. The van der Waals surface area contributed by atoms with E-state index in [2.05, 4.69) is 15.6 Å². The van der Waals surface area contributed by atoms with Crippen molar-refractivity contribution in [2.75, 3.05) is 26.0 Å². The number of urea groups is 1. The third-order valence-electron chi connectivity index (χ3n) is 4.24. The maximum atomic E-state index is 12.9. The van der Waals surface area contributed by atoms with Gasteiger partial charge in [-0.15, -0.1) is 11.3 Å². The van der Waals surface area contributed by atoms with Gasteiger partial charge in [-0.3, -0.25) is 4.79 Å². The summed E-state index contributed by atoms with van der Waals surface area (Å²) in [6, 6.07) is 12.6. The van der Waals surface area contributed by atoms with Crippen LogP contribution in [-0.4, -0.2) is 42.5 Å². The average Bonchev–Trinajstić information content (AvgIpc) is 3.28. The molecule has 8 heteroatoms. The SMILES string of the molecule is CCOc1ccc(NC(=O)N(C)C)cc1C(=O)NCc1cccc(-c2nccs2)c1. The number of carbonyl (C=O) groups excluding carboxylic acids is 2. The molecule has 3 aromatic rings. The van der Waals surface area contributed by atoms with Gasteiger partial charge in [0.25, 0.3) is 5.91 Å². The fourth-order valence-electron chi connectivity index (χ4n) is 2.76. The molecule has 0 bridgehead atoms. The number of aromatic nitrogens is 1. The number of amides is 3. The molecule has 0 aliphatic rings. The molecule has 0 aliphatic carbocycles. The number of rotatable bonds is 7. The van der Waals surface area contributed by atoms with E-state index in [1.165, 1.54) is 4.90 Å². The van der Waals surface area contributed by atoms with Gasteiger partial charge in [-0.1, -0.05) is 18.2 Å². The quantitative estimate of drug-likeness (QED) is 0.594. The fraction of sp³-hybridized carbons (Fsp3) is 0.227. The summed E-state index contributed by atoms with van der Waals surface area (Å²) >= 11 is 1.57. The third-order valence-corrected chi connectivity index (χ3v) is 5.06. The van der Waals surface area contributed by atoms with Crippen LogP contribution in [0.25, 0.3) is 10.6 Å². The van der Waals surface area contributed by atoms with Crippen LogP contribution in [0.2, 0.25) is 0 Å². The van der Waals surface area contributed by atoms with E-state index < -0.39 is 0 Å². The first-order valence-electron chi connectivity index (χ1n) is 9.50. The molecule has 0 fully saturated rings. The molecular weight excluding hydrogens is 400 g/mol. The van der Waals surface area contributed by atoms with Gasteiger partial charge < -0.3 is 20.3 Å². The van der Waals surface area contributed by atoms with Crippen LogP contribution in [0, 0.1) is 0 Å². The van der Waals surface area contributed by atoms with E-state index in [9.17, 15) is 9.59 Å². The molecule has 0 saturated carbocycles. The number of hydrogen-bond acceptors (Lipinski definition) is 5. The highest BCUT2D eigenvalue weighted by molar-refractivity contribution is 7.13. The molecule has 0 radical (unpaired) electrons. The number of hydrogen-bond donors (Lipinski definition) is 2. The topological polar surface area (TPSA) is 83.6 Å². The van der Waals surface area contributed by atoms with E-state index in [1.807, 2.05) is 36.6 Å². The van der Waals surface area contributed by atoms with Gasteiger partial charge in [-0.2, -0.15) is 0 Å². The van der Waals surface area contributed by atoms with E-state index in [-0.39, 0.29) is 11.9 Å². The van der Waals surface area contributed by atoms with Crippen LogP contribution in [0.15, 0.2) is 54.0 Å². The Hall–Kier alpha value is -3.39. The van der Waals surface area contributed by atoms with Crippen LogP contribution < -0.4 is 15.4 Å². The van der Waals surface area contributed by atoms with Crippen LogP contribution in [-0.2, 0) is 6.54 Å². The zero-order chi connectivity index (χ0) is 21.5. The lowest BCUT2D eigenvalue weighted by Gasteiger charge is -2.15. The molecule has 0 spiro atoms. The second-order valence-corrected chi connectivity index (χ2v) is 7.58. The second-order valence-electron chi connectivity index (χ2n) is 6.69. The van der Waals surface area contributed by atoms with Crippen molar-refractivity contribution in [2.24, 2.45) is 0 Å². The van der Waals surface area contributed by atoms with Crippen molar-refractivity contribution < 1.29 is 14.3 Å². The Morgan fingerprint density at radius 3 is 2.70 bits per heavy atom. The molecule has 1 heterocycles. The maximum Gasteiger partial charge on any atom is 0.321 e. The van der Waals surface area contributed by atoms with Gasteiger partial charge in [-0.05, 0) is 36.8 Å². The lowest BCUT2D eigenvalue weighted by molar-refractivity contribution is 0.0947. The van der Waals surface area contributed by atoms with E-state index in [0.29, 0.717) is 30.2 Å². The van der Waals surface area contributed by atoms with Crippen molar-refractivity contribution in [3.05, 3.63) is 65.2 Å². The van der Waals surface area contributed by atoms with Gasteiger partial charge in [0.1, 0.15) is 10.8 Å². The molecule has 0 aliphatic heterocycles.